The Morgan fingerprint density at radius 2 is 1.69 bits per heavy atom. The highest BCUT2D eigenvalue weighted by Gasteiger charge is 1.97. The number of aromatic nitrogens is 1. The molecule has 0 radical (unpaired) electrons. The molecule has 2 aromatic rings. The number of nitrogens with zero attached hydrogens (tertiary/aromatic N) is 1. The van der Waals surface area contributed by atoms with E-state index in [1.807, 2.05) is 30.5 Å². The van der Waals surface area contributed by atoms with Crippen LogP contribution in [0.2, 0.25) is 0 Å². The highest BCUT2D eigenvalue weighted by atomic mass is 32.3. The number of fused-ring (bicyclic) bond motifs is 1. The number of hydrogen-bond donors (Lipinski definition) is 2. The monoisotopic (exact) mass is 243 g/mol. The van der Waals surface area contributed by atoms with E-state index in [1.54, 1.807) is 0 Å². The van der Waals surface area contributed by atoms with Gasteiger partial charge in [-0.15, -0.1) is 0 Å². The minimum absolute atomic E-state index is 1.06. The van der Waals surface area contributed by atoms with Crippen LogP contribution < -0.4 is 0 Å². The van der Waals surface area contributed by atoms with Gasteiger partial charge < -0.3 is 0 Å². The molecule has 0 aliphatic carbocycles. The van der Waals surface area contributed by atoms with Crippen LogP contribution in [0.1, 0.15) is 0 Å². The molecule has 0 atom stereocenters. The molecule has 0 saturated carbocycles. The van der Waals surface area contributed by atoms with Gasteiger partial charge in [0, 0.05) is 11.6 Å². The molecular weight excluding hydrogens is 234 g/mol. The van der Waals surface area contributed by atoms with Crippen LogP contribution in [0.4, 0.5) is 0 Å². The van der Waals surface area contributed by atoms with E-state index in [9.17, 15) is 0 Å². The number of rotatable bonds is 1. The standard InChI is InChI=1S/C9H7N.H2O5S/c1-2-6-9-8(4-1)5-3-7-10-9;1-5-6(2,3)4/h1-7H;1H,(H,2,3,4). The summed E-state index contributed by atoms with van der Waals surface area (Å²) < 4.78 is 28.0. The first-order valence-corrected chi connectivity index (χ1v) is 5.49. The normalized spacial score (nSPS) is 10.6. The van der Waals surface area contributed by atoms with E-state index in [-0.39, 0.29) is 0 Å². The molecule has 16 heavy (non-hydrogen) atoms. The van der Waals surface area contributed by atoms with E-state index in [0.29, 0.717) is 0 Å². The number of para-hydroxylation sites is 1. The van der Waals surface area contributed by atoms with E-state index in [4.69, 9.17) is 18.2 Å². The Hall–Kier alpha value is -1.54. The summed E-state index contributed by atoms with van der Waals surface area (Å²) in [4.78, 5) is 4.18. The molecule has 1 aromatic carbocycles. The molecule has 0 bridgehead atoms. The minimum atomic E-state index is -4.61. The Morgan fingerprint density at radius 3 is 2.25 bits per heavy atom. The first-order valence-electron chi connectivity index (χ1n) is 4.13. The second-order valence-corrected chi connectivity index (χ2v) is 3.70. The molecule has 2 rings (SSSR count). The summed E-state index contributed by atoms with van der Waals surface area (Å²) in [5, 5.41) is 8.26. The third-order valence-corrected chi connectivity index (χ3v) is 1.79. The lowest BCUT2D eigenvalue weighted by Crippen LogP contribution is -1.97. The molecule has 6 nitrogen and oxygen atoms in total. The molecule has 1 heterocycles. The van der Waals surface area contributed by atoms with Crippen LogP contribution in [-0.4, -0.2) is 23.2 Å². The van der Waals surface area contributed by atoms with E-state index in [2.05, 4.69) is 21.5 Å². The topological polar surface area (TPSA) is 96.7 Å². The largest absolute Gasteiger partial charge is 0.423 e. The van der Waals surface area contributed by atoms with Gasteiger partial charge in [0.05, 0.1) is 5.52 Å². The van der Waals surface area contributed by atoms with Crippen molar-refractivity contribution >= 4 is 21.3 Å². The number of benzene rings is 1. The van der Waals surface area contributed by atoms with Gasteiger partial charge in [0.25, 0.3) is 0 Å². The highest BCUT2D eigenvalue weighted by Crippen LogP contribution is 2.07. The predicted molar refractivity (Wildman–Crippen MR) is 57.0 cm³/mol. The average molecular weight is 243 g/mol. The van der Waals surface area contributed by atoms with Crippen molar-refractivity contribution in [3.05, 3.63) is 42.6 Å². The van der Waals surface area contributed by atoms with Crippen LogP contribution in [0, 0.1) is 0 Å². The molecule has 0 amide bonds. The van der Waals surface area contributed by atoms with Gasteiger partial charge in [0.1, 0.15) is 0 Å². The SMILES string of the molecule is O=S(=O)(O)OO.c1ccc2ncccc2c1. The minimum Gasteiger partial charge on any atom is -0.262 e. The van der Waals surface area contributed by atoms with Crippen molar-refractivity contribution in [1.82, 2.24) is 4.98 Å². The molecular formula is C9H9NO5S. The predicted octanol–water partition coefficient (Wildman–Crippen LogP) is 1.51. The summed E-state index contributed by atoms with van der Waals surface area (Å²) >= 11 is 0. The van der Waals surface area contributed by atoms with Gasteiger partial charge in [-0.2, -0.15) is 8.42 Å². The van der Waals surface area contributed by atoms with Gasteiger partial charge in [0.15, 0.2) is 0 Å². The molecule has 0 unspecified atom stereocenters. The van der Waals surface area contributed by atoms with Crippen molar-refractivity contribution in [3.8, 4) is 0 Å². The van der Waals surface area contributed by atoms with Gasteiger partial charge in [-0.05, 0) is 12.1 Å². The fourth-order valence-electron chi connectivity index (χ4n) is 1.02. The van der Waals surface area contributed by atoms with Crippen molar-refractivity contribution in [2.75, 3.05) is 0 Å². The van der Waals surface area contributed by atoms with Gasteiger partial charge in [0.2, 0.25) is 0 Å². The molecule has 0 fully saturated rings. The van der Waals surface area contributed by atoms with Crippen molar-refractivity contribution in [1.29, 1.82) is 0 Å². The smallest absolute Gasteiger partial charge is 0.262 e. The van der Waals surface area contributed by atoms with Gasteiger partial charge in [-0.1, -0.05) is 28.6 Å². The van der Waals surface area contributed by atoms with Gasteiger partial charge in [-0.3, -0.25) is 9.54 Å². The first-order chi connectivity index (χ1) is 7.53. The lowest BCUT2D eigenvalue weighted by molar-refractivity contribution is -0.139. The van der Waals surface area contributed by atoms with Crippen molar-refractivity contribution < 1.29 is 22.6 Å². The second-order valence-electron chi connectivity index (χ2n) is 2.70. The lowest BCUT2D eigenvalue weighted by atomic mass is 10.2. The highest BCUT2D eigenvalue weighted by molar-refractivity contribution is 7.80. The van der Waals surface area contributed by atoms with Crippen LogP contribution in [0.3, 0.4) is 0 Å². The van der Waals surface area contributed by atoms with E-state index >= 15 is 0 Å². The maximum Gasteiger partial charge on any atom is 0.423 e. The fraction of sp³-hybridized carbons (Fsp3) is 0. The maximum atomic E-state index is 9.08. The Kier molecular flexibility index (Phi) is 4.32. The third-order valence-electron chi connectivity index (χ3n) is 1.61. The molecule has 86 valence electrons. The van der Waals surface area contributed by atoms with Gasteiger partial charge in [-0.25, -0.2) is 5.26 Å². The van der Waals surface area contributed by atoms with E-state index in [1.165, 1.54) is 5.39 Å². The van der Waals surface area contributed by atoms with E-state index in [0.717, 1.165) is 5.52 Å². The summed E-state index contributed by atoms with van der Waals surface area (Å²) in [6.07, 6.45) is 1.81. The third kappa shape index (κ3) is 4.32. The first kappa shape index (κ1) is 12.5. The Morgan fingerprint density at radius 1 is 1.12 bits per heavy atom. The fourth-order valence-corrected chi connectivity index (χ4v) is 1.02. The molecule has 0 aliphatic heterocycles. The zero-order valence-electron chi connectivity index (χ0n) is 8.02. The lowest BCUT2D eigenvalue weighted by Gasteiger charge is -1.91. The molecule has 2 N–H and O–H groups in total. The summed E-state index contributed by atoms with van der Waals surface area (Å²) in [6, 6.07) is 12.1. The molecule has 0 spiro atoms. The Balaban J connectivity index is 0.000000187. The number of pyridine rings is 1. The van der Waals surface area contributed by atoms with Crippen LogP contribution >= 0.6 is 0 Å². The Labute approximate surface area is 92.0 Å². The summed E-state index contributed by atoms with van der Waals surface area (Å²) in [5.74, 6) is 0. The molecule has 1 aromatic heterocycles. The number of hydrogen-bond acceptors (Lipinski definition) is 5. The van der Waals surface area contributed by atoms with Crippen LogP contribution in [0.25, 0.3) is 10.9 Å². The van der Waals surface area contributed by atoms with Crippen LogP contribution in [0.15, 0.2) is 42.6 Å². The van der Waals surface area contributed by atoms with Crippen molar-refractivity contribution in [2.24, 2.45) is 0 Å². The van der Waals surface area contributed by atoms with E-state index < -0.39 is 10.4 Å². The average Bonchev–Trinajstić information content (AvgIpc) is 2.29. The maximum absolute atomic E-state index is 9.08. The van der Waals surface area contributed by atoms with Crippen molar-refractivity contribution in [3.63, 3.8) is 0 Å². The summed E-state index contributed by atoms with van der Waals surface area (Å²) in [7, 11) is -4.61. The summed E-state index contributed by atoms with van der Waals surface area (Å²) in [6.45, 7) is 0. The quantitative estimate of drug-likeness (QED) is 0.447. The molecule has 0 aliphatic rings. The van der Waals surface area contributed by atoms with Crippen LogP contribution in [-0.2, 0) is 14.7 Å². The molecule has 7 heteroatoms. The van der Waals surface area contributed by atoms with Gasteiger partial charge >= 0.3 is 10.4 Å². The zero-order valence-corrected chi connectivity index (χ0v) is 8.83. The summed E-state index contributed by atoms with van der Waals surface area (Å²) in [5.41, 5.74) is 1.06. The Bertz CT molecular complexity index is 489. The van der Waals surface area contributed by atoms with Crippen LogP contribution in [0.5, 0.6) is 0 Å². The second kappa shape index (κ2) is 5.52. The zero-order chi connectivity index (χ0) is 12.0. The molecule has 0 saturated heterocycles. The van der Waals surface area contributed by atoms with Crippen molar-refractivity contribution in [2.45, 2.75) is 0 Å².